The number of carbonyl (C=O) groups is 1. The van der Waals surface area contributed by atoms with Crippen LogP contribution in [0.1, 0.15) is 6.92 Å². The summed E-state index contributed by atoms with van der Waals surface area (Å²) in [6, 6.07) is 14.5. The average molecular weight is 407 g/mol. The Hall–Kier alpha value is -2.02. The third kappa shape index (κ3) is 4.58. The topological polar surface area (TPSA) is 59.8 Å². The average Bonchev–Trinajstić information content (AvgIpc) is 3.03. The van der Waals surface area contributed by atoms with Crippen molar-refractivity contribution < 1.29 is 4.79 Å². The van der Waals surface area contributed by atoms with Crippen LogP contribution in [-0.2, 0) is 11.3 Å². The molecule has 2 aromatic carbocycles. The first-order chi connectivity index (χ1) is 12.6. The minimum atomic E-state index is -0.129. The lowest BCUT2D eigenvalue weighted by molar-refractivity contribution is -0.113. The van der Waals surface area contributed by atoms with E-state index in [0.29, 0.717) is 27.4 Å². The van der Waals surface area contributed by atoms with Crippen LogP contribution in [0.3, 0.4) is 0 Å². The maximum atomic E-state index is 12.2. The van der Waals surface area contributed by atoms with Gasteiger partial charge in [0.15, 0.2) is 11.0 Å². The number of carbonyl (C=O) groups excluding carboxylic acids is 1. The summed E-state index contributed by atoms with van der Waals surface area (Å²) in [5, 5.41) is 13.2. The van der Waals surface area contributed by atoms with E-state index in [9.17, 15) is 4.79 Å². The lowest BCUT2D eigenvalue weighted by Crippen LogP contribution is -2.14. The van der Waals surface area contributed by atoms with Gasteiger partial charge in [-0.2, -0.15) is 0 Å². The van der Waals surface area contributed by atoms with Crippen LogP contribution in [0.25, 0.3) is 11.4 Å². The van der Waals surface area contributed by atoms with Gasteiger partial charge in [0.05, 0.1) is 5.75 Å². The van der Waals surface area contributed by atoms with E-state index in [1.54, 1.807) is 24.3 Å². The Bertz CT molecular complexity index is 912. The SMILES string of the molecule is CCn1c(SCC(=O)Nc2cccc(Cl)c2)nnc1-c1ccc(Cl)cc1. The number of anilines is 1. The van der Waals surface area contributed by atoms with Crippen molar-refractivity contribution in [3.05, 3.63) is 58.6 Å². The summed E-state index contributed by atoms with van der Waals surface area (Å²) in [6.45, 7) is 2.71. The fourth-order valence-electron chi connectivity index (χ4n) is 2.39. The number of thioether (sulfide) groups is 1. The molecule has 0 spiro atoms. The minimum Gasteiger partial charge on any atom is -0.325 e. The number of nitrogens with one attached hydrogen (secondary N) is 1. The highest BCUT2D eigenvalue weighted by atomic mass is 35.5. The first-order valence-electron chi connectivity index (χ1n) is 7.94. The second kappa shape index (κ2) is 8.58. The number of benzene rings is 2. The van der Waals surface area contributed by atoms with Gasteiger partial charge in [-0.1, -0.05) is 41.0 Å². The fraction of sp³-hybridized carbons (Fsp3) is 0.167. The molecule has 0 aliphatic heterocycles. The molecule has 3 aromatic rings. The highest BCUT2D eigenvalue weighted by Gasteiger charge is 2.14. The molecule has 1 N–H and O–H groups in total. The van der Waals surface area contributed by atoms with Gasteiger partial charge in [0.25, 0.3) is 0 Å². The Kier molecular flexibility index (Phi) is 6.19. The van der Waals surface area contributed by atoms with Crippen molar-refractivity contribution in [1.82, 2.24) is 14.8 Å². The molecule has 1 heterocycles. The molecule has 0 fully saturated rings. The van der Waals surface area contributed by atoms with E-state index >= 15 is 0 Å². The van der Waals surface area contributed by atoms with Gasteiger partial charge in [0.2, 0.25) is 5.91 Å². The van der Waals surface area contributed by atoms with Gasteiger partial charge in [-0.25, -0.2) is 0 Å². The van der Waals surface area contributed by atoms with E-state index in [2.05, 4.69) is 15.5 Å². The lowest BCUT2D eigenvalue weighted by atomic mass is 10.2. The summed E-state index contributed by atoms with van der Waals surface area (Å²) >= 11 is 13.2. The second-order valence-corrected chi connectivity index (χ2v) is 7.22. The molecule has 3 rings (SSSR count). The molecular weight excluding hydrogens is 391 g/mol. The molecule has 0 saturated carbocycles. The van der Waals surface area contributed by atoms with Gasteiger partial charge in [0.1, 0.15) is 0 Å². The van der Waals surface area contributed by atoms with Crippen molar-refractivity contribution in [2.24, 2.45) is 0 Å². The van der Waals surface area contributed by atoms with E-state index in [-0.39, 0.29) is 11.7 Å². The quantitative estimate of drug-likeness (QED) is 0.584. The first-order valence-corrected chi connectivity index (χ1v) is 9.68. The largest absolute Gasteiger partial charge is 0.325 e. The summed E-state index contributed by atoms with van der Waals surface area (Å²) < 4.78 is 1.97. The second-order valence-electron chi connectivity index (χ2n) is 5.40. The molecule has 0 unspecified atom stereocenters. The standard InChI is InChI=1S/C18H16Cl2N4OS/c1-2-24-17(12-6-8-13(19)9-7-12)22-23-18(24)26-11-16(25)21-15-5-3-4-14(20)10-15/h3-10H,2,11H2,1H3,(H,21,25). The van der Waals surface area contributed by atoms with Crippen LogP contribution in [0, 0.1) is 0 Å². The third-order valence-electron chi connectivity index (χ3n) is 3.58. The van der Waals surface area contributed by atoms with E-state index in [0.717, 1.165) is 11.4 Å². The molecule has 134 valence electrons. The predicted molar refractivity (Wildman–Crippen MR) is 107 cm³/mol. The number of amides is 1. The van der Waals surface area contributed by atoms with Crippen molar-refractivity contribution in [3.63, 3.8) is 0 Å². The van der Waals surface area contributed by atoms with Crippen molar-refractivity contribution in [2.45, 2.75) is 18.6 Å². The van der Waals surface area contributed by atoms with Crippen LogP contribution in [-0.4, -0.2) is 26.4 Å². The molecule has 26 heavy (non-hydrogen) atoms. The molecule has 1 aromatic heterocycles. The maximum absolute atomic E-state index is 12.2. The molecule has 0 aliphatic rings. The van der Waals surface area contributed by atoms with Gasteiger partial charge in [-0.3, -0.25) is 4.79 Å². The zero-order valence-electron chi connectivity index (χ0n) is 13.9. The molecule has 0 radical (unpaired) electrons. The van der Waals surface area contributed by atoms with Gasteiger partial charge >= 0.3 is 0 Å². The molecule has 0 saturated heterocycles. The Morgan fingerprint density at radius 2 is 1.88 bits per heavy atom. The summed E-state index contributed by atoms with van der Waals surface area (Å²) in [5.74, 6) is 0.850. The Balaban J connectivity index is 1.68. The van der Waals surface area contributed by atoms with Gasteiger partial charge in [-0.15, -0.1) is 10.2 Å². The van der Waals surface area contributed by atoms with Crippen LogP contribution in [0.2, 0.25) is 10.0 Å². The highest BCUT2D eigenvalue weighted by molar-refractivity contribution is 7.99. The predicted octanol–water partition coefficient (Wildman–Crippen LogP) is 5.00. The molecule has 1 amide bonds. The maximum Gasteiger partial charge on any atom is 0.234 e. The van der Waals surface area contributed by atoms with Crippen LogP contribution >= 0.6 is 35.0 Å². The Labute approximate surface area is 165 Å². The molecular formula is C18H16Cl2N4OS. The Morgan fingerprint density at radius 3 is 2.58 bits per heavy atom. The molecule has 8 heteroatoms. The summed E-state index contributed by atoms with van der Waals surface area (Å²) in [4.78, 5) is 12.2. The number of hydrogen-bond acceptors (Lipinski definition) is 4. The number of aromatic nitrogens is 3. The van der Waals surface area contributed by atoms with Crippen LogP contribution in [0.15, 0.2) is 53.7 Å². The highest BCUT2D eigenvalue weighted by Crippen LogP contribution is 2.25. The van der Waals surface area contributed by atoms with Gasteiger partial charge < -0.3 is 9.88 Å². The van der Waals surface area contributed by atoms with Gasteiger partial charge in [0, 0.05) is 27.8 Å². The van der Waals surface area contributed by atoms with E-state index in [1.165, 1.54) is 11.8 Å². The summed E-state index contributed by atoms with van der Waals surface area (Å²) in [6.07, 6.45) is 0. The lowest BCUT2D eigenvalue weighted by Gasteiger charge is -2.08. The van der Waals surface area contributed by atoms with Crippen molar-refractivity contribution in [3.8, 4) is 11.4 Å². The fourth-order valence-corrected chi connectivity index (χ4v) is 3.51. The van der Waals surface area contributed by atoms with Crippen LogP contribution in [0.5, 0.6) is 0 Å². The molecule has 5 nitrogen and oxygen atoms in total. The van der Waals surface area contributed by atoms with E-state index in [4.69, 9.17) is 23.2 Å². The minimum absolute atomic E-state index is 0.129. The molecule has 0 bridgehead atoms. The Morgan fingerprint density at radius 1 is 1.12 bits per heavy atom. The number of halogens is 2. The number of nitrogens with zero attached hydrogens (tertiary/aromatic N) is 3. The monoisotopic (exact) mass is 406 g/mol. The zero-order chi connectivity index (χ0) is 18.5. The third-order valence-corrected chi connectivity index (χ3v) is 5.03. The van der Waals surface area contributed by atoms with Crippen LogP contribution in [0.4, 0.5) is 5.69 Å². The first kappa shape index (κ1) is 18.8. The molecule has 0 atom stereocenters. The van der Waals surface area contributed by atoms with Crippen molar-refractivity contribution >= 4 is 46.6 Å². The number of hydrogen-bond donors (Lipinski definition) is 1. The van der Waals surface area contributed by atoms with Gasteiger partial charge in [-0.05, 0) is 49.4 Å². The van der Waals surface area contributed by atoms with E-state index in [1.807, 2.05) is 35.8 Å². The summed E-state index contributed by atoms with van der Waals surface area (Å²) in [5.41, 5.74) is 1.60. The normalized spacial score (nSPS) is 10.7. The zero-order valence-corrected chi connectivity index (χ0v) is 16.3. The van der Waals surface area contributed by atoms with Crippen molar-refractivity contribution in [1.29, 1.82) is 0 Å². The summed E-state index contributed by atoms with van der Waals surface area (Å²) in [7, 11) is 0. The smallest absolute Gasteiger partial charge is 0.234 e. The molecule has 0 aliphatic carbocycles. The van der Waals surface area contributed by atoms with Crippen molar-refractivity contribution in [2.75, 3.05) is 11.1 Å². The van der Waals surface area contributed by atoms with Crippen LogP contribution < -0.4 is 5.32 Å². The van der Waals surface area contributed by atoms with E-state index < -0.39 is 0 Å². The number of rotatable bonds is 6.